The van der Waals surface area contributed by atoms with Gasteiger partial charge in [-0.2, -0.15) is 0 Å². The molecule has 0 bridgehead atoms. The summed E-state index contributed by atoms with van der Waals surface area (Å²) in [5.41, 5.74) is 4.91. The number of carbonyl (C=O) groups excluding carboxylic acids is 1. The molecule has 0 fully saturated rings. The number of nitrogens with zero attached hydrogens (tertiary/aromatic N) is 4. The Morgan fingerprint density at radius 3 is 2.90 bits per heavy atom. The molecule has 1 atom stereocenters. The van der Waals surface area contributed by atoms with Gasteiger partial charge >= 0.3 is 0 Å². The fourth-order valence-electron chi connectivity index (χ4n) is 3.61. The monoisotopic (exact) mass is 421 g/mol. The van der Waals surface area contributed by atoms with Crippen molar-refractivity contribution in [2.45, 2.75) is 19.8 Å². The van der Waals surface area contributed by atoms with Crippen LogP contribution in [0.4, 0.5) is 5.13 Å². The van der Waals surface area contributed by atoms with Gasteiger partial charge in [0.1, 0.15) is 0 Å². The lowest BCUT2D eigenvalue weighted by Crippen LogP contribution is -2.30. The largest absolute Gasteiger partial charge is 0.358 e. The van der Waals surface area contributed by atoms with E-state index < -0.39 is 0 Å². The van der Waals surface area contributed by atoms with E-state index in [1.54, 1.807) is 23.3 Å². The van der Waals surface area contributed by atoms with E-state index in [2.05, 4.69) is 29.0 Å². The maximum absolute atomic E-state index is 13.1. The van der Waals surface area contributed by atoms with E-state index in [1.807, 2.05) is 46.6 Å². The molecular formula is C21H19N5OS2. The van der Waals surface area contributed by atoms with Crippen LogP contribution in [0.15, 0.2) is 47.4 Å². The van der Waals surface area contributed by atoms with Crippen molar-refractivity contribution in [3.05, 3.63) is 58.8 Å². The Kier molecular flexibility index (Phi) is 4.25. The number of rotatable bonds is 4. The third-order valence-corrected chi connectivity index (χ3v) is 6.87. The van der Waals surface area contributed by atoms with Gasteiger partial charge in [-0.05, 0) is 19.9 Å². The number of thiazole rings is 2. The number of imidazole rings is 1. The number of aromatic nitrogens is 4. The third kappa shape index (κ3) is 2.95. The van der Waals surface area contributed by atoms with Crippen LogP contribution in [-0.2, 0) is 4.79 Å². The molecule has 29 heavy (non-hydrogen) atoms. The number of para-hydroxylation sites is 1. The molecule has 4 heterocycles. The standard InChI is InChI=1S/C21H19N5OS2/c1-12(16-10-26-8-9-28-21(26)23-16)19(27)25(3)20-24-17(11-29-20)18-13(2)22-15-7-5-4-6-14(15)18/h4-12,22H,1-3H3. The van der Waals surface area contributed by atoms with Crippen LogP contribution in [0, 0.1) is 6.92 Å². The first-order chi connectivity index (χ1) is 14.0. The zero-order valence-corrected chi connectivity index (χ0v) is 17.8. The minimum atomic E-state index is -0.339. The van der Waals surface area contributed by atoms with E-state index in [9.17, 15) is 4.79 Å². The molecule has 5 aromatic rings. The fraction of sp³-hybridized carbons (Fsp3) is 0.190. The molecule has 0 saturated carbocycles. The second kappa shape index (κ2) is 6.82. The molecule has 1 aromatic carbocycles. The number of H-pyrrole nitrogens is 1. The Bertz CT molecular complexity index is 1310. The lowest BCUT2D eigenvalue weighted by molar-refractivity contribution is -0.119. The molecular weight excluding hydrogens is 402 g/mol. The molecule has 1 amide bonds. The normalized spacial score (nSPS) is 12.7. The predicted molar refractivity (Wildman–Crippen MR) is 119 cm³/mol. The van der Waals surface area contributed by atoms with Crippen LogP contribution in [0.2, 0.25) is 0 Å². The molecule has 0 radical (unpaired) electrons. The zero-order chi connectivity index (χ0) is 20.1. The highest BCUT2D eigenvalue weighted by atomic mass is 32.1. The molecule has 1 N–H and O–H groups in total. The van der Waals surface area contributed by atoms with Crippen LogP contribution in [0.3, 0.4) is 0 Å². The smallest absolute Gasteiger partial charge is 0.237 e. The molecule has 5 rings (SSSR count). The lowest BCUT2D eigenvalue weighted by Gasteiger charge is -2.17. The van der Waals surface area contributed by atoms with Gasteiger partial charge in [-0.3, -0.25) is 14.1 Å². The highest BCUT2D eigenvalue weighted by molar-refractivity contribution is 7.15. The van der Waals surface area contributed by atoms with Crippen molar-refractivity contribution in [2.24, 2.45) is 0 Å². The van der Waals surface area contributed by atoms with Gasteiger partial charge in [-0.25, -0.2) is 9.97 Å². The number of anilines is 1. The molecule has 0 aliphatic rings. The van der Waals surface area contributed by atoms with Crippen LogP contribution in [0.5, 0.6) is 0 Å². The second-order valence-corrected chi connectivity index (χ2v) is 8.77. The molecule has 0 aliphatic carbocycles. The van der Waals surface area contributed by atoms with E-state index in [0.717, 1.165) is 38.5 Å². The number of aryl methyl sites for hydroxylation is 1. The van der Waals surface area contributed by atoms with Crippen LogP contribution < -0.4 is 4.90 Å². The van der Waals surface area contributed by atoms with Gasteiger partial charge in [0.15, 0.2) is 10.1 Å². The van der Waals surface area contributed by atoms with Crippen LogP contribution in [0.1, 0.15) is 24.2 Å². The topological polar surface area (TPSA) is 66.3 Å². The van der Waals surface area contributed by atoms with Gasteiger partial charge in [0.05, 0.1) is 17.3 Å². The Labute approximate surface area is 175 Å². The number of carbonyl (C=O) groups is 1. The average Bonchev–Trinajstić information content (AvgIpc) is 3.47. The summed E-state index contributed by atoms with van der Waals surface area (Å²) in [5.74, 6) is -0.360. The number of benzene rings is 1. The average molecular weight is 422 g/mol. The highest BCUT2D eigenvalue weighted by Crippen LogP contribution is 2.35. The maximum atomic E-state index is 13.1. The zero-order valence-electron chi connectivity index (χ0n) is 16.2. The first-order valence-electron chi connectivity index (χ1n) is 9.26. The van der Waals surface area contributed by atoms with Crippen LogP contribution in [-0.4, -0.2) is 32.3 Å². The third-order valence-electron chi connectivity index (χ3n) is 5.19. The number of amides is 1. The van der Waals surface area contributed by atoms with Gasteiger partial charge in [-0.15, -0.1) is 22.7 Å². The molecule has 1 unspecified atom stereocenters. The van der Waals surface area contributed by atoms with E-state index in [4.69, 9.17) is 4.98 Å². The molecule has 6 nitrogen and oxygen atoms in total. The Hall–Kier alpha value is -2.97. The van der Waals surface area contributed by atoms with Gasteiger partial charge in [0.2, 0.25) is 5.91 Å². The molecule has 0 saturated heterocycles. The van der Waals surface area contributed by atoms with E-state index >= 15 is 0 Å². The lowest BCUT2D eigenvalue weighted by atomic mass is 10.1. The summed E-state index contributed by atoms with van der Waals surface area (Å²) in [6.07, 6.45) is 3.87. The summed E-state index contributed by atoms with van der Waals surface area (Å²) < 4.78 is 1.95. The molecule has 8 heteroatoms. The number of hydrogen-bond donors (Lipinski definition) is 1. The van der Waals surface area contributed by atoms with Gasteiger partial charge in [0, 0.05) is 52.4 Å². The summed E-state index contributed by atoms with van der Waals surface area (Å²) >= 11 is 3.04. The Morgan fingerprint density at radius 1 is 1.24 bits per heavy atom. The minimum Gasteiger partial charge on any atom is -0.358 e. The van der Waals surface area contributed by atoms with Crippen molar-refractivity contribution in [1.82, 2.24) is 19.4 Å². The van der Waals surface area contributed by atoms with Crippen molar-refractivity contribution in [2.75, 3.05) is 11.9 Å². The van der Waals surface area contributed by atoms with E-state index in [0.29, 0.717) is 5.13 Å². The SMILES string of the molecule is Cc1[nH]c2ccccc2c1-c1csc(N(C)C(=O)C(C)c2cn3ccsc3n2)n1. The van der Waals surface area contributed by atoms with Gasteiger partial charge < -0.3 is 4.98 Å². The van der Waals surface area contributed by atoms with Gasteiger partial charge in [0.25, 0.3) is 0 Å². The summed E-state index contributed by atoms with van der Waals surface area (Å²) in [4.78, 5) is 28.3. The quantitative estimate of drug-likeness (QED) is 0.440. The Morgan fingerprint density at radius 2 is 2.07 bits per heavy atom. The van der Waals surface area contributed by atoms with Crippen molar-refractivity contribution in [1.29, 1.82) is 0 Å². The number of nitrogens with one attached hydrogen (secondary N) is 1. The van der Waals surface area contributed by atoms with Crippen molar-refractivity contribution >= 4 is 49.6 Å². The molecule has 0 aliphatic heterocycles. The van der Waals surface area contributed by atoms with Crippen molar-refractivity contribution < 1.29 is 4.79 Å². The first-order valence-corrected chi connectivity index (χ1v) is 11.0. The minimum absolute atomic E-state index is 0.0210. The van der Waals surface area contributed by atoms with Crippen molar-refractivity contribution in [3.8, 4) is 11.3 Å². The van der Waals surface area contributed by atoms with Crippen LogP contribution >= 0.6 is 22.7 Å². The Balaban J connectivity index is 1.44. The number of fused-ring (bicyclic) bond motifs is 2. The number of likely N-dealkylation sites (N-methyl/N-ethyl adjacent to an activating group) is 1. The summed E-state index contributed by atoms with van der Waals surface area (Å²) in [5, 5.41) is 5.82. The van der Waals surface area contributed by atoms with Crippen LogP contribution in [0.25, 0.3) is 27.1 Å². The summed E-state index contributed by atoms with van der Waals surface area (Å²) in [6.45, 7) is 3.94. The van der Waals surface area contributed by atoms with Crippen molar-refractivity contribution in [3.63, 3.8) is 0 Å². The molecule has 4 aromatic heterocycles. The molecule has 0 spiro atoms. The number of hydrogen-bond acceptors (Lipinski definition) is 5. The van der Waals surface area contributed by atoms with E-state index in [-0.39, 0.29) is 11.8 Å². The predicted octanol–water partition coefficient (Wildman–Crippen LogP) is 5.08. The van der Waals surface area contributed by atoms with E-state index in [1.165, 1.54) is 11.3 Å². The summed E-state index contributed by atoms with van der Waals surface area (Å²) in [7, 11) is 1.78. The highest BCUT2D eigenvalue weighted by Gasteiger charge is 2.25. The maximum Gasteiger partial charge on any atom is 0.237 e. The van der Waals surface area contributed by atoms with Gasteiger partial charge in [-0.1, -0.05) is 18.2 Å². The second-order valence-electron chi connectivity index (χ2n) is 7.06. The number of aromatic amines is 1. The summed E-state index contributed by atoms with van der Waals surface area (Å²) in [6, 6.07) is 8.20. The first kappa shape index (κ1) is 18.1. The fourth-order valence-corrected chi connectivity index (χ4v) is 5.10. The molecule has 146 valence electrons.